The molecular weight excluding hydrogens is 309 g/mol. The second kappa shape index (κ2) is 6.03. The van der Waals surface area contributed by atoms with Crippen molar-refractivity contribution in [1.29, 1.82) is 0 Å². The molecule has 1 aromatic rings. The lowest BCUT2D eigenvalue weighted by atomic mass is 9.95. The van der Waals surface area contributed by atoms with Gasteiger partial charge < -0.3 is 11.1 Å². The molecule has 2 rings (SSSR count). The fourth-order valence-electron chi connectivity index (χ4n) is 2.29. The van der Waals surface area contributed by atoms with Gasteiger partial charge in [0.15, 0.2) is 0 Å². The summed E-state index contributed by atoms with van der Waals surface area (Å²) in [4.78, 5) is 0. The van der Waals surface area contributed by atoms with Gasteiger partial charge in [0.25, 0.3) is 0 Å². The van der Waals surface area contributed by atoms with E-state index in [0.29, 0.717) is 12.2 Å². The Bertz CT molecular complexity index is 473. The SMILES string of the molecule is NCC1(Nc2cc(Cl)cc(C(F)(F)F)c2)CCCSC1. The van der Waals surface area contributed by atoms with Crippen LogP contribution in [-0.2, 0) is 6.18 Å². The van der Waals surface area contributed by atoms with Crippen molar-refractivity contribution in [3.63, 3.8) is 0 Å². The number of benzene rings is 1. The molecule has 20 heavy (non-hydrogen) atoms. The molecular formula is C13H16ClF3N2S. The van der Waals surface area contributed by atoms with Gasteiger partial charge in [0.2, 0.25) is 0 Å². The molecule has 1 aromatic carbocycles. The third-order valence-electron chi connectivity index (χ3n) is 3.35. The maximum absolute atomic E-state index is 12.8. The smallest absolute Gasteiger partial charge is 0.377 e. The molecule has 7 heteroatoms. The molecule has 1 aliphatic rings. The van der Waals surface area contributed by atoms with Crippen LogP contribution in [0.25, 0.3) is 0 Å². The van der Waals surface area contributed by atoms with E-state index in [1.807, 2.05) is 0 Å². The van der Waals surface area contributed by atoms with E-state index in [2.05, 4.69) is 5.32 Å². The third-order valence-corrected chi connectivity index (χ3v) is 4.90. The molecule has 1 saturated heterocycles. The van der Waals surface area contributed by atoms with Gasteiger partial charge in [-0.05, 0) is 36.8 Å². The summed E-state index contributed by atoms with van der Waals surface area (Å²) < 4.78 is 38.4. The van der Waals surface area contributed by atoms with Gasteiger partial charge in [-0.25, -0.2) is 0 Å². The summed E-state index contributed by atoms with van der Waals surface area (Å²) in [6.07, 6.45) is -2.55. The second-order valence-electron chi connectivity index (χ2n) is 4.99. The molecule has 1 heterocycles. The van der Waals surface area contributed by atoms with Crippen molar-refractivity contribution in [3.05, 3.63) is 28.8 Å². The maximum atomic E-state index is 12.8. The highest BCUT2D eigenvalue weighted by atomic mass is 35.5. The van der Waals surface area contributed by atoms with Gasteiger partial charge in [-0.2, -0.15) is 24.9 Å². The van der Waals surface area contributed by atoms with Crippen molar-refractivity contribution in [2.75, 3.05) is 23.4 Å². The molecule has 0 aromatic heterocycles. The van der Waals surface area contributed by atoms with E-state index < -0.39 is 11.7 Å². The van der Waals surface area contributed by atoms with Gasteiger partial charge in [-0.1, -0.05) is 11.6 Å². The minimum atomic E-state index is -4.40. The predicted molar refractivity (Wildman–Crippen MR) is 78.4 cm³/mol. The van der Waals surface area contributed by atoms with Gasteiger partial charge in [0.05, 0.1) is 11.1 Å². The molecule has 0 amide bonds. The third kappa shape index (κ3) is 3.74. The van der Waals surface area contributed by atoms with Crippen LogP contribution in [0.1, 0.15) is 18.4 Å². The normalized spacial score (nSPS) is 23.6. The summed E-state index contributed by atoms with van der Waals surface area (Å²) in [6, 6.07) is 3.52. The summed E-state index contributed by atoms with van der Waals surface area (Å²) in [6.45, 7) is 0.383. The standard InChI is InChI=1S/C13H16ClF3N2S/c14-10-4-9(13(15,16)17)5-11(6-10)19-12(7-18)2-1-3-20-8-12/h4-6,19H,1-3,7-8,18H2. The predicted octanol–water partition coefficient (Wildman–Crippen LogP) is 4.00. The number of nitrogens with two attached hydrogens (primary N) is 1. The Kier molecular flexibility index (Phi) is 4.76. The van der Waals surface area contributed by atoms with E-state index >= 15 is 0 Å². The molecule has 112 valence electrons. The zero-order chi connectivity index (χ0) is 14.8. The first kappa shape index (κ1) is 15.8. The first-order chi connectivity index (χ1) is 9.35. The second-order valence-corrected chi connectivity index (χ2v) is 6.53. The summed E-state index contributed by atoms with van der Waals surface area (Å²) in [5, 5.41) is 3.23. The van der Waals surface area contributed by atoms with Gasteiger partial charge >= 0.3 is 6.18 Å². The van der Waals surface area contributed by atoms with Crippen LogP contribution in [0.2, 0.25) is 5.02 Å². The molecule has 0 bridgehead atoms. The molecule has 1 fully saturated rings. The van der Waals surface area contributed by atoms with Crippen molar-refractivity contribution in [3.8, 4) is 0 Å². The average molecular weight is 325 g/mol. The topological polar surface area (TPSA) is 38.0 Å². The van der Waals surface area contributed by atoms with Crippen LogP contribution in [0.15, 0.2) is 18.2 Å². The number of anilines is 1. The van der Waals surface area contributed by atoms with E-state index in [1.54, 1.807) is 11.8 Å². The molecule has 1 unspecified atom stereocenters. The number of hydrogen-bond donors (Lipinski definition) is 2. The van der Waals surface area contributed by atoms with Crippen molar-refractivity contribution < 1.29 is 13.2 Å². The Morgan fingerprint density at radius 3 is 2.65 bits per heavy atom. The molecule has 1 aliphatic heterocycles. The molecule has 0 spiro atoms. The van der Waals surface area contributed by atoms with Crippen LogP contribution in [0.5, 0.6) is 0 Å². The van der Waals surface area contributed by atoms with Gasteiger partial charge in [-0.3, -0.25) is 0 Å². The minimum absolute atomic E-state index is 0.0676. The lowest BCUT2D eigenvalue weighted by Gasteiger charge is -2.37. The van der Waals surface area contributed by atoms with Crippen LogP contribution >= 0.6 is 23.4 Å². The van der Waals surface area contributed by atoms with E-state index in [4.69, 9.17) is 17.3 Å². The largest absolute Gasteiger partial charge is 0.416 e. The Morgan fingerprint density at radius 2 is 2.10 bits per heavy atom. The van der Waals surface area contributed by atoms with E-state index in [1.165, 1.54) is 6.07 Å². The fraction of sp³-hybridized carbons (Fsp3) is 0.538. The number of hydrogen-bond acceptors (Lipinski definition) is 3. The summed E-state index contributed by atoms with van der Waals surface area (Å²) in [5.74, 6) is 1.85. The monoisotopic (exact) mass is 324 g/mol. The maximum Gasteiger partial charge on any atom is 0.416 e. The average Bonchev–Trinajstić information content (AvgIpc) is 2.38. The summed E-state index contributed by atoms with van der Waals surface area (Å²) >= 11 is 7.55. The first-order valence-corrected chi connectivity index (χ1v) is 7.82. The molecule has 2 nitrogen and oxygen atoms in total. The highest BCUT2D eigenvalue weighted by molar-refractivity contribution is 7.99. The highest BCUT2D eigenvalue weighted by Crippen LogP contribution is 2.35. The van der Waals surface area contributed by atoms with Crippen molar-refractivity contribution in [1.82, 2.24) is 0 Å². The van der Waals surface area contributed by atoms with Crippen molar-refractivity contribution in [2.24, 2.45) is 5.73 Å². The number of halogens is 4. The summed E-state index contributed by atoms with van der Waals surface area (Å²) in [7, 11) is 0. The lowest BCUT2D eigenvalue weighted by Crippen LogP contribution is -2.49. The quantitative estimate of drug-likeness (QED) is 0.882. The lowest BCUT2D eigenvalue weighted by molar-refractivity contribution is -0.137. The molecule has 3 N–H and O–H groups in total. The molecule has 0 saturated carbocycles. The molecule has 0 aliphatic carbocycles. The number of thioether (sulfide) groups is 1. The zero-order valence-corrected chi connectivity index (χ0v) is 12.3. The molecule has 1 atom stereocenters. The number of rotatable bonds is 3. The Hall–Kier alpha value is -0.590. The van der Waals surface area contributed by atoms with Gasteiger partial charge in [0, 0.05) is 23.0 Å². The van der Waals surface area contributed by atoms with Crippen LogP contribution in [0.4, 0.5) is 18.9 Å². The van der Waals surface area contributed by atoms with E-state index in [0.717, 1.165) is 36.5 Å². The zero-order valence-electron chi connectivity index (χ0n) is 10.8. The van der Waals surface area contributed by atoms with Gasteiger partial charge in [-0.15, -0.1) is 0 Å². The van der Waals surface area contributed by atoms with Crippen molar-refractivity contribution in [2.45, 2.75) is 24.6 Å². The Labute approximate surface area is 125 Å². The summed E-state index contributed by atoms with van der Waals surface area (Å²) in [5.41, 5.74) is 5.09. The van der Waals surface area contributed by atoms with Crippen LogP contribution < -0.4 is 11.1 Å². The minimum Gasteiger partial charge on any atom is -0.377 e. The van der Waals surface area contributed by atoms with Crippen LogP contribution in [-0.4, -0.2) is 23.6 Å². The van der Waals surface area contributed by atoms with Crippen LogP contribution in [0, 0.1) is 0 Å². The first-order valence-electron chi connectivity index (χ1n) is 6.28. The van der Waals surface area contributed by atoms with E-state index in [-0.39, 0.29) is 10.6 Å². The Balaban J connectivity index is 2.26. The van der Waals surface area contributed by atoms with Crippen molar-refractivity contribution >= 4 is 29.1 Å². The number of alkyl halides is 3. The Morgan fingerprint density at radius 1 is 1.35 bits per heavy atom. The van der Waals surface area contributed by atoms with Crippen LogP contribution in [0.3, 0.4) is 0 Å². The van der Waals surface area contributed by atoms with Gasteiger partial charge in [0.1, 0.15) is 0 Å². The highest BCUT2D eigenvalue weighted by Gasteiger charge is 2.34. The fourth-order valence-corrected chi connectivity index (χ4v) is 3.75. The number of nitrogens with one attached hydrogen (secondary N) is 1. The van der Waals surface area contributed by atoms with E-state index in [9.17, 15) is 13.2 Å². The molecule has 0 radical (unpaired) electrons.